The first kappa shape index (κ1) is 26.5. The van der Waals surface area contributed by atoms with Crippen molar-refractivity contribution >= 4 is 28.6 Å². The van der Waals surface area contributed by atoms with Gasteiger partial charge in [-0.1, -0.05) is 44.7 Å². The number of thiocarbonyl (C=S) groups is 1. The smallest absolute Gasteiger partial charge is 0.419 e. The first-order valence-corrected chi connectivity index (χ1v) is 12.7. The molecule has 9 heteroatoms. The van der Waals surface area contributed by atoms with Crippen LogP contribution in [0.4, 0.5) is 14.5 Å². The molecule has 2 aromatic carbocycles. The maximum atomic E-state index is 13.3. The molecule has 1 aromatic heterocycles. The minimum Gasteiger partial charge on any atom is -0.429 e. The van der Waals surface area contributed by atoms with Gasteiger partial charge in [0.05, 0.1) is 5.69 Å². The lowest BCUT2D eigenvalue weighted by Gasteiger charge is -2.16. The van der Waals surface area contributed by atoms with Crippen molar-refractivity contribution in [2.75, 3.05) is 11.9 Å². The molecule has 0 spiro atoms. The van der Waals surface area contributed by atoms with Crippen molar-refractivity contribution in [3.63, 3.8) is 0 Å². The molecule has 37 heavy (non-hydrogen) atoms. The van der Waals surface area contributed by atoms with E-state index < -0.39 is 6.11 Å². The largest absolute Gasteiger partial charge is 0.429 e. The van der Waals surface area contributed by atoms with E-state index in [0.717, 1.165) is 37.1 Å². The fourth-order valence-electron chi connectivity index (χ4n) is 4.26. The first-order valence-electron chi connectivity index (χ1n) is 12.3. The van der Waals surface area contributed by atoms with Gasteiger partial charge in [-0.3, -0.25) is 0 Å². The Labute approximate surface area is 221 Å². The Morgan fingerprint density at radius 2 is 2.00 bits per heavy atom. The summed E-state index contributed by atoms with van der Waals surface area (Å²) in [4.78, 5) is 4.45. The van der Waals surface area contributed by atoms with E-state index in [9.17, 15) is 8.78 Å². The van der Waals surface area contributed by atoms with Gasteiger partial charge in [-0.15, -0.1) is 5.10 Å². The van der Waals surface area contributed by atoms with Crippen molar-refractivity contribution in [1.29, 1.82) is 0 Å². The van der Waals surface area contributed by atoms with Crippen molar-refractivity contribution in [3.05, 3.63) is 85.0 Å². The van der Waals surface area contributed by atoms with Crippen LogP contribution >= 0.6 is 12.2 Å². The fraction of sp³-hybridized carbons (Fsp3) is 0.321. The Hall–Kier alpha value is -3.59. The molecule has 0 aliphatic heterocycles. The van der Waals surface area contributed by atoms with Gasteiger partial charge in [0.1, 0.15) is 12.1 Å². The molecule has 1 atom stereocenters. The molecule has 3 aromatic rings. The zero-order chi connectivity index (χ0) is 26.4. The lowest BCUT2D eigenvalue weighted by molar-refractivity contribution is -0.131. The van der Waals surface area contributed by atoms with E-state index in [4.69, 9.17) is 12.2 Å². The van der Waals surface area contributed by atoms with Gasteiger partial charge < -0.3 is 15.4 Å². The van der Waals surface area contributed by atoms with Crippen LogP contribution in [0, 0.1) is 5.92 Å². The molecule has 194 valence electrons. The third-order valence-corrected chi connectivity index (χ3v) is 6.47. The van der Waals surface area contributed by atoms with Gasteiger partial charge in [0, 0.05) is 18.3 Å². The van der Waals surface area contributed by atoms with Crippen LogP contribution in [-0.4, -0.2) is 32.5 Å². The molecule has 1 unspecified atom stereocenters. The van der Waals surface area contributed by atoms with Crippen molar-refractivity contribution in [2.24, 2.45) is 5.92 Å². The molecule has 0 bridgehead atoms. The highest BCUT2D eigenvalue weighted by molar-refractivity contribution is 7.80. The number of ether oxygens (including phenoxy) is 1. The molecule has 0 fully saturated rings. The molecule has 6 nitrogen and oxygen atoms in total. The third kappa shape index (κ3) is 7.01. The van der Waals surface area contributed by atoms with E-state index in [1.165, 1.54) is 17.7 Å². The van der Waals surface area contributed by atoms with E-state index in [1.807, 2.05) is 18.2 Å². The van der Waals surface area contributed by atoms with Crippen molar-refractivity contribution < 1.29 is 13.5 Å². The maximum Gasteiger partial charge on any atom is 0.419 e. The molecule has 1 aliphatic carbocycles. The number of hydrogen-bond donors (Lipinski definition) is 2. The second kappa shape index (κ2) is 11.6. The SMILES string of the molecule is C=CC(F)(F)Oc1ccc(-n2cnc(C3=CC(CCNC(=S)Nc4ccccc4C(C)C)CC3)n2)cc1. The monoisotopic (exact) mass is 523 g/mol. The predicted molar refractivity (Wildman–Crippen MR) is 147 cm³/mol. The number of nitrogens with zero attached hydrogens (tertiary/aromatic N) is 3. The number of benzene rings is 2. The summed E-state index contributed by atoms with van der Waals surface area (Å²) < 4.78 is 32.9. The van der Waals surface area contributed by atoms with E-state index in [2.05, 4.69) is 58.0 Å². The van der Waals surface area contributed by atoms with Gasteiger partial charge in [-0.25, -0.2) is 9.67 Å². The van der Waals surface area contributed by atoms with Crippen LogP contribution in [0.2, 0.25) is 0 Å². The maximum absolute atomic E-state index is 13.3. The number of para-hydroxylation sites is 1. The number of hydrogen-bond acceptors (Lipinski definition) is 4. The number of nitrogens with one attached hydrogen (secondary N) is 2. The Balaban J connectivity index is 1.28. The number of allylic oxidation sites excluding steroid dienone is 2. The minimum atomic E-state index is -3.41. The topological polar surface area (TPSA) is 64.0 Å². The predicted octanol–water partition coefficient (Wildman–Crippen LogP) is 6.72. The summed E-state index contributed by atoms with van der Waals surface area (Å²) in [6.07, 6.45) is 3.80. The standard InChI is InChI=1S/C28H31F2N5OS/c1-4-28(29,30)36-23-13-11-22(12-14-23)35-18-32-26(34-35)21-10-9-20(17-21)15-16-31-27(37)33-25-8-6-5-7-24(25)19(2)3/h4-8,11-14,17-20H,1,9-10,15-16H2,2-3H3,(H2,31,33,37). The Morgan fingerprint density at radius 1 is 1.24 bits per heavy atom. The summed E-state index contributed by atoms with van der Waals surface area (Å²) in [5, 5.41) is 11.8. The summed E-state index contributed by atoms with van der Waals surface area (Å²) >= 11 is 5.50. The highest BCUT2D eigenvalue weighted by Gasteiger charge is 2.26. The average Bonchev–Trinajstić information content (AvgIpc) is 3.55. The Bertz CT molecular complexity index is 1270. The van der Waals surface area contributed by atoms with Gasteiger partial charge in [-0.05, 0) is 84.8 Å². The summed E-state index contributed by atoms with van der Waals surface area (Å²) in [5.74, 6) is 1.55. The minimum absolute atomic E-state index is 0.0442. The van der Waals surface area contributed by atoms with Gasteiger partial charge in [0.15, 0.2) is 10.9 Å². The number of halogens is 2. The van der Waals surface area contributed by atoms with Crippen molar-refractivity contribution in [3.8, 4) is 11.4 Å². The van der Waals surface area contributed by atoms with Gasteiger partial charge >= 0.3 is 6.11 Å². The second-order valence-corrected chi connectivity index (χ2v) is 9.69. The zero-order valence-corrected chi connectivity index (χ0v) is 21.8. The molecule has 0 amide bonds. The molecule has 4 rings (SSSR count). The highest BCUT2D eigenvalue weighted by Crippen LogP contribution is 2.32. The molecule has 0 saturated heterocycles. The molecule has 2 N–H and O–H groups in total. The highest BCUT2D eigenvalue weighted by atomic mass is 32.1. The van der Waals surface area contributed by atoms with Gasteiger partial charge in [0.2, 0.25) is 0 Å². The summed E-state index contributed by atoms with van der Waals surface area (Å²) in [7, 11) is 0. The number of aromatic nitrogens is 3. The number of alkyl halides is 2. The van der Waals surface area contributed by atoms with Crippen LogP contribution in [-0.2, 0) is 0 Å². The quantitative estimate of drug-likeness (QED) is 0.227. The average molecular weight is 524 g/mol. The normalized spacial score (nSPS) is 15.4. The summed E-state index contributed by atoms with van der Waals surface area (Å²) in [6.45, 7) is 8.17. The van der Waals surface area contributed by atoms with Crippen molar-refractivity contribution in [2.45, 2.75) is 45.1 Å². The van der Waals surface area contributed by atoms with Crippen molar-refractivity contribution in [1.82, 2.24) is 20.1 Å². The van der Waals surface area contributed by atoms with E-state index in [1.54, 1.807) is 23.1 Å². The van der Waals surface area contributed by atoms with E-state index >= 15 is 0 Å². The van der Waals surface area contributed by atoms with E-state index in [0.29, 0.717) is 34.5 Å². The van der Waals surface area contributed by atoms with Crippen LogP contribution in [0.25, 0.3) is 11.3 Å². The lowest BCUT2D eigenvalue weighted by Crippen LogP contribution is -2.30. The third-order valence-electron chi connectivity index (χ3n) is 6.22. The van der Waals surface area contributed by atoms with Crippen LogP contribution < -0.4 is 15.4 Å². The van der Waals surface area contributed by atoms with Crippen LogP contribution in [0.3, 0.4) is 0 Å². The van der Waals surface area contributed by atoms with Crippen LogP contribution in [0.5, 0.6) is 5.75 Å². The molecule has 1 heterocycles. The Morgan fingerprint density at radius 3 is 2.73 bits per heavy atom. The fourth-order valence-corrected chi connectivity index (χ4v) is 4.47. The lowest BCUT2D eigenvalue weighted by atomic mass is 10.0. The van der Waals surface area contributed by atoms with Crippen LogP contribution in [0.1, 0.15) is 50.4 Å². The Kier molecular flexibility index (Phi) is 8.33. The first-order chi connectivity index (χ1) is 17.7. The van der Waals surface area contributed by atoms with Gasteiger partial charge in [-0.2, -0.15) is 8.78 Å². The molecular formula is C28H31F2N5OS. The zero-order valence-electron chi connectivity index (χ0n) is 21.0. The molecular weight excluding hydrogens is 492 g/mol. The van der Waals surface area contributed by atoms with E-state index in [-0.39, 0.29) is 5.75 Å². The molecule has 0 radical (unpaired) electrons. The summed E-state index contributed by atoms with van der Waals surface area (Å²) in [5.41, 5.74) is 4.09. The summed E-state index contributed by atoms with van der Waals surface area (Å²) in [6, 6.07) is 14.4. The van der Waals surface area contributed by atoms with Gasteiger partial charge in [0.25, 0.3) is 0 Å². The number of rotatable bonds is 10. The second-order valence-electron chi connectivity index (χ2n) is 9.28. The molecule has 1 aliphatic rings. The number of anilines is 1. The van der Waals surface area contributed by atoms with Crippen LogP contribution in [0.15, 0.2) is 73.6 Å². The molecule has 0 saturated carbocycles.